The third-order valence-electron chi connectivity index (χ3n) is 5.43. The molecule has 0 aliphatic carbocycles. The second kappa shape index (κ2) is 7.34. The molecule has 0 spiro atoms. The van der Waals surface area contributed by atoms with Crippen LogP contribution in [0.2, 0.25) is 0 Å². The van der Waals surface area contributed by atoms with Crippen LogP contribution in [0.15, 0.2) is 29.1 Å². The zero-order chi connectivity index (χ0) is 20.8. The van der Waals surface area contributed by atoms with E-state index in [0.29, 0.717) is 36.5 Å². The zero-order valence-electron chi connectivity index (χ0n) is 15.9. The highest BCUT2D eigenvalue weighted by atomic mass is 32.2. The van der Waals surface area contributed by atoms with E-state index in [1.54, 1.807) is 11.0 Å². The van der Waals surface area contributed by atoms with E-state index in [-0.39, 0.29) is 30.1 Å². The van der Waals surface area contributed by atoms with Crippen molar-refractivity contribution < 1.29 is 17.6 Å². The molecular formula is C19H21FN4O4S. The molecule has 0 bridgehead atoms. The summed E-state index contributed by atoms with van der Waals surface area (Å²) in [5.41, 5.74) is 0.837. The van der Waals surface area contributed by atoms with Crippen molar-refractivity contribution in [1.82, 2.24) is 19.2 Å². The Hall–Kier alpha value is -2.59. The highest BCUT2D eigenvalue weighted by molar-refractivity contribution is 7.88. The SMILES string of the molecule is CS(=O)(=O)N1CCc2c(nc([C@@H]3CCCN3C(=O)c3cccc(F)c3)[nH]c2=O)C1. The Kier molecular flexibility index (Phi) is 4.99. The number of carbonyl (C=O) groups excluding carboxylic acids is 1. The number of hydrogen-bond acceptors (Lipinski definition) is 5. The summed E-state index contributed by atoms with van der Waals surface area (Å²) in [4.78, 5) is 34.4. The second-order valence-electron chi connectivity index (χ2n) is 7.39. The normalized spacial score (nSPS) is 19.9. The van der Waals surface area contributed by atoms with Gasteiger partial charge in [-0.15, -0.1) is 0 Å². The smallest absolute Gasteiger partial charge is 0.254 e. The number of halogens is 1. The zero-order valence-corrected chi connectivity index (χ0v) is 16.7. The van der Waals surface area contributed by atoms with Gasteiger partial charge in [0.1, 0.15) is 11.6 Å². The number of nitrogens with zero attached hydrogens (tertiary/aromatic N) is 3. The average molecular weight is 420 g/mol. The number of aromatic amines is 1. The van der Waals surface area contributed by atoms with E-state index in [2.05, 4.69) is 9.97 Å². The molecule has 2 aliphatic rings. The van der Waals surface area contributed by atoms with Crippen molar-refractivity contribution in [2.75, 3.05) is 19.3 Å². The topological polar surface area (TPSA) is 103 Å². The first-order valence-electron chi connectivity index (χ1n) is 9.37. The number of hydrogen-bond donors (Lipinski definition) is 1. The molecular weight excluding hydrogens is 399 g/mol. The van der Waals surface area contributed by atoms with Crippen molar-refractivity contribution in [3.05, 3.63) is 63.1 Å². The molecule has 1 aromatic heterocycles. The van der Waals surface area contributed by atoms with Crippen LogP contribution < -0.4 is 5.56 Å². The van der Waals surface area contributed by atoms with Crippen LogP contribution in [-0.2, 0) is 23.0 Å². The Labute approximate surface area is 167 Å². The summed E-state index contributed by atoms with van der Waals surface area (Å²) >= 11 is 0. The second-order valence-corrected chi connectivity index (χ2v) is 9.37. The largest absolute Gasteiger partial charge is 0.328 e. The van der Waals surface area contributed by atoms with Crippen molar-refractivity contribution in [2.24, 2.45) is 0 Å². The van der Waals surface area contributed by atoms with Crippen LogP contribution >= 0.6 is 0 Å². The fourth-order valence-corrected chi connectivity index (χ4v) is 4.74. The number of benzene rings is 1. The summed E-state index contributed by atoms with van der Waals surface area (Å²) in [7, 11) is -3.40. The molecule has 4 rings (SSSR count). The Bertz CT molecular complexity index is 1130. The fourth-order valence-electron chi connectivity index (χ4n) is 3.96. The number of aromatic nitrogens is 2. The van der Waals surface area contributed by atoms with E-state index in [4.69, 9.17) is 0 Å². The Morgan fingerprint density at radius 3 is 2.83 bits per heavy atom. The van der Waals surface area contributed by atoms with Crippen LogP contribution in [0.3, 0.4) is 0 Å². The van der Waals surface area contributed by atoms with Gasteiger partial charge in [-0.05, 0) is 37.5 Å². The molecule has 0 saturated carbocycles. The van der Waals surface area contributed by atoms with Gasteiger partial charge < -0.3 is 9.88 Å². The number of likely N-dealkylation sites (tertiary alicyclic amines) is 1. The van der Waals surface area contributed by atoms with E-state index < -0.39 is 21.9 Å². The average Bonchev–Trinajstić information content (AvgIpc) is 3.16. The number of sulfonamides is 1. The van der Waals surface area contributed by atoms with Gasteiger partial charge in [-0.2, -0.15) is 4.31 Å². The van der Waals surface area contributed by atoms with Gasteiger partial charge in [-0.3, -0.25) is 9.59 Å². The van der Waals surface area contributed by atoms with E-state index in [1.165, 1.54) is 22.5 Å². The van der Waals surface area contributed by atoms with Crippen LogP contribution in [-0.4, -0.2) is 52.8 Å². The molecule has 1 fully saturated rings. The minimum absolute atomic E-state index is 0.0374. The summed E-state index contributed by atoms with van der Waals surface area (Å²) in [6.07, 6.45) is 2.75. The fraction of sp³-hybridized carbons (Fsp3) is 0.421. The molecule has 1 aromatic carbocycles. The van der Waals surface area contributed by atoms with Crippen LogP contribution in [0.5, 0.6) is 0 Å². The highest BCUT2D eigenvalue weighted by Gasteiger charge is 2.34. The monoisotopic (exact) mass is 420 g/mol. The number of fused-ring (bicyclic) bond motifs is 1. The number of H-pyrrole nitrogens is 1. The van der Waals surface area contributed by atoms with Gasteiger partial charge >= 0.3 is 0 Å². The van der Waals surface area contributed by atoms with Crippen LogP contribution in [0.4, 0.5) is 4.39 Å². The van der Waals surface area contributed by atoms with E-state index in [0.717, 1.165) is 12.7 Å². The number of carbonyl (C=O) groups is 1. The molecule has 154 valence electrons. The number of rotatable bonds is 3. The third kappa shape index (κ3) is 3.82. The molecule has 0 radical (unpaired) electrons. The molecule has 8 nitrogen and oxygen atoms in total. The van der Waals surface area contributed by atoms with Gasteiger partial charge in [0, 0.05) is 24.2 Å². The first-order valence-corrected chi connectivity index (χ1v) is 11.2. The summed E-state index contributed by atoms with van der Waals surface area (Å²) in [6.45, 7) is 0.746. The van der Waals surface area contributed by atoms with Crippen molar-refractivity contribution in [1.29, 1.82) is 0 Å². The standard InChI is InChI=1S/C19H21FN4O4S/c1-29(27,28)23-9-7-14-15(11-23)21-17(22-18(14)25)16-6-3-8-24(16)19(26)12-4-2-5-13(20)10-12/h2,4-5,10,16H,3,6-9,11H2,1H3,(H,21,22,25)/t16-/m0/s1. The van der Waals surface area contributed by atoms with Crippen molar-refractivity contribution in [3.63, 3.8) is 0 Å². The summed E-state index contributed by atoms with van der Waals surface area (Å²) in [5, 5.41) is 0. The van der Waals surface area contributed by atoms with E-state index in [9.17, 15) is 22.4 Å². The van der Waals surface area contributed by atoms with Crippen molar-refractivity contribution in [3.8, 4) is 0 Å². The highest BCUT2D eigenvalue weighted by Crippen LogP contribution is 2.31. The van der Waals surface area contributed by atoms with Gasteiger partial charge in [-0.1, -0.05) is 6.07 Å². The predicted molar refractivity (Wildman–Crippen MR) is 103 cm³/mol. The first kappa shape index (κ1) is 19.7. The van der Waals surface area contributed by atoms with Crippen LogP contribution in [0.1, 0.15) is 46.3 Å². The molecule has 0 unspecified atom stereocenters. The summed E-state index contributed by atoms with van der Waals surface area (Å²) in [6, 6.07) is 5.04. The van der Waals surface area contributed by atoms with Gasteiger partial charge in [0.25, 0.3) is 11.5 Å². The van der Waals surface area contributed by atoms with Gasteiger partial charge in [-0.25, -0.2) is 17.8 Å². The first-order chi connectivity index (χ1) is 13.7. The summed E-state index contributed by atoms with van der Waals surface area (Å²) < 4.78 is 38.6. The lowest BCUT2D eigenvalue weighted by atomic mass is 10.1. The molecule has 29 heavy (non-hydrogen) atoms. The molecule has 1 atom stereocenters. The Balaban J connectivity index is 1.67. The minimum Gasteiger partial charge on any atom is -0.328 e. The third-order valence-corrected chi connectivity index (χ3v) is 6.68. The van der Waals surface area contributed by atoms with Crippen LogP contribution in [0.25, 0.3) is 0 Å². The number of amides is 1. The van der Waals surface area contributed by atoms with Gasteiger partial charge in [0.15, 0.2) is 0 Å². The van der Waals surface area contributed by atoms with Gasteiger partial charge in [0.2, 0.25) is 10.0 Å². The lowest BCUT2D eigenvalue weighted by Crippen LogP contribution is -2.40. The van der Waals surface area contributed by atoms with E-state index >= 15 is 0 Å². The van der Waals surface area contributed by atoms with Crippen molar-refractivity contribution >= 4 is 15.9 Å². The molecule has 2 aliphatic heterocycles. The maximum atomic E-state index is 13.5. The van der Waals surface area contributed by atoms with Gasteiger partial charge in [0.05, 0.1) is 24.5 Å². The molecule has 1 amide bonds. The molecule has 1 N–H and O–H groups in total. The van der Waals surface area contributed by atoms with Crippen LogP contribution in [0, 0.1) is 5.82 Å². The lowest BCUT2D eigenvalue weighted by molar-refractivity contribution is 0.0728. The molecule has 10 heteroatoms. The minimum atomic E-state index is -3.40. The Morgan fingerprint density at radius 2 is 2.10 bits per heavy atom. The lowest BCUT2D eigenvalue weighted by Gasteiger charge is -2.28. The number of nitrogens with one attached hydrogen (secondary N) is 1. The quantitative estimate of drug-likeness (QED) is 0.804. The maximum absolute atomic E-state index is 13.5. The Morgan fingerprint density at radius 1 is 1.31 bits per heavy atom. The molecule has 2 aromatic rings. The predicted octanol–water partition coefficient (Wildman–Crippen LogP) is 1.20. The molecule has 3 heterocycles. The molecule has 1 saturated heterocycles. The van der Waals surface area contributed by atoms with Crippen molar-refractivity contribution in [2.45, 2.75) is 31.8 Å². The maximum Gasteiger partial charge on any atom is 0.254 e. The summed E-state index contributed by atoms with van der Waals surface area (Å²) in [5.74, 6) is -0.482. The van der Waals surface area contributed by atoms with E-state index in [1.807, 2.05) is 0 Å².